The fourth-order valence-electron chi connectivity index (χ4n) is 5.63. The van der Waals surface area contributed by atoms with Gasteiger partial charge in [0.2, 0.25) is 0 Å². The molecule has 3 aromatic carbocycles. The topological polar surface area (TPSA) is 73.9 Å². The maximum absolute atomic E-state index is 13.8. The first-order chi connectivity index (χ1) is 15.8. The molecule has 6 heteroatoms. The van der Waals surface area contributed by atoms with Gasteiger partial charge in [0.1, 0.15) is 11.9 Å². The normalized spacial score (nSPS) is 27.7. The summed E-state index contributed by atoms with van der Waals surface area (Å²) in [7, 11) is 1.62. The van der Waals surface area contributed by atoms with Gasteiger partial charge in [0, 0.05) is 30.2 Å². The fraction of sp³-hybridized carbons (Fsp3) is 0.333. The molecule has 0 bridgehead atoms. The monoisotopic (exact) mass is 443 g/mol. The zero-order valence-corrected chi connectivity index (χ0v) is 19.0. The number of carbonyl (C=O) groups is 2. The first-order valence-electron chi connectivity index (χ1n) is 11.2. The van der Waals surface area contributed by atoms with E-state index in [4.69, 9.17) is 14.2 Å². The maximum Gasteiger partial charge on any atom is 0.196 e. The minimum absolute atomic E-state index is 0.138. The van der Waals surface area contributed by atoms with Gasteiger partial charge in [-0.05, 0) is 49.7 Å². The maximum atomic E-state index is 13.8. The zero-order chi connectivity index (χ0) is 23.1. The Bertz CT molecular complexity index is 1360. The molecular formula is C27H25NO5. The van der Waals surface area contributed by atoms with Crippen LogP contribution in [0.5, 0.6) is 5.75 Å². The molecule has 33 heavy (non-hydrogen) atoms. The Balaban J connectivity index is 1.51. The van der Waals surface area contributed by atoms with E-state index >= 15 is 0 Å². The molecule has 2 heterocycles. The van der Waals surface area contributed by atoms with Crippen LogP contribution in [0.2, 0.25) is 0 Å². The van der Waals surface area contributed by atoms with Gasteiger partial charge in [-0.15, -0.1) is 0 Å². The van der Waals surface area contributed by atoms with E-state index in [1.54, 1.807) is 25.3 Å². The van der Waals surface area contributed by atoms with E-state index in [-0.39, 0.29) is 30.1 Å². The Morgan fingerprint density at radius 1 is 1.03 bits per heavy atom. The number of hydrogen-bond acceptors (Lipinski definition) is 6. The fourth-order valence-corrected chi connectivity index (χ4v) is 5.63. The molecule has 6 nitrogen and oxygen atoms in total. The molecular weight excluding hydrogens is 418 g/mol. The molecule has 1 fully saturated rings. The number of rotatable bonds is 1. The van der Waals surface area contributed by atoms with Crippen molar-refractivity contribution in [1.82, 2.24) is 0 Å². The molecule has 0 unspecified atom stereocenters. The van der Waals surface area contributed by atoms with Crippen LogP contribution in [0.25, 0.3) is 10.8 Å². The number of nitrogens with one attached hydrogen (secondary N) is 1. The van der Waals surface area contributed by atoms with Gasteiger partial charge in [-0.25, -0.2) is 0 Å². The molecule has 0 saturated carbocycles. The van der Waals surface area contributed by atoms with Crippen LogP contribution in [-0.4, -0.2) is 42.7 Å². The van der Waals surface area contributed by atoms with Crippen molar-refractivity contribution in [3.05, 3.63) is 70.3 Å². The summed E-state index contributed by atoms with van der Waals surface area (Å²) in [6.45, 7) is 6.01. The molecule has 1 saturated heterocycles. The van der Waals surface area contributed by atoms with E-state index in [1.165, 1.54) is 0 Å². The molecule has 3 aliphatic rings. The third-order valence-electron chi connectivity index (χ3n) is 7.22. The second-order valence-corrected chi connectivity index (χ2v) is 9.52. The van der Waals surface area contributed by atoms with Crippen molar-refractivity contribution in [1.29, 1.82) is 0 Å². The molecule has 6 rings (SSSR count). The summed E-state index contributed by atoms with van der Waals surface area (Å²) < 4.78 is 17.8. The molecule has 1 aliphatic carbocycles. The number of carbonyl (C=O) groups excluding carboxylic acids is 2. The summed E-state index contributed by atoms with van der Waals surface area (Å²) in [6, 6.07) is 13.1. The highest BCUT2D eigenvalue weighted by Gasteiger charge is 2.51. The van der Waals surface area contributed by atoms with E-state index in [9.17, 15) is 9.59 Å². The molecule has 0 aromatic heterocycles. The smallest absolute Gasteiger partial charge is 0.196 e. The minimum Gasteiger partial charge on any atom is -0.483 e. The number of aryl methyl sites for hydroxylation is 1. The van der Waals surface area contributed by atoms with Gasteiger partial charge in [-0.2, -0.15) is 0 Å². The Hall–Kier alpha value is -3.22. The number of ether oxygens (including phenoxy) is 3. The first kappa shape index (κ1) is 20.4. The first-order valence-corrected chi connectivity index (χ1v) is 11.2. The van der Waals surface area contributed by atoms with Crippen LogP contribution < -0.4 is 10.1 Å². The molecule has 0 spiro atoms. The number of fused-ring (bicyclic) bond motifs is 7. The molecule has 1 N–H and O–H groups in total. The minimum atomic E-state index is -0.523. The highest BCUT2D eigenvalue weighted by molar-refractivity contribution is 6.33. The van der Waals surface area contributed by atoms with Crippen LogP contribution in [0.4, 0.5) is 5.69 Å². The van der Waals surface area contributed by atoms with Crippen LogP contribution in [-0.2, 0) is 9.47 Å². The van der Waals surface area contributed by atoms with Crippen molar-refractivity contribution in [3.8, 4) is 5.75 Å². The van der Waals surface area contributed by atoms with E-state index in [0.717, 1.165) is 16.3 Å². The van der Waals surface area contributed by atoms with E-state index in [2.05, 4.69) is 5.32 Å². The number of benzene rings is 3. The highest BCUT2D eigenvalue weighted by atomic mass is 16.7. The van der Waals surface area contributed by atoms with Gasteiger partial charge in [-0.3, -0.25) is 9.59 Å². The largest absolute Gasteiger partial charge is 0.483 e. The van der Waals surface area contributed by atoms with Crippen molar-refractivity contribution in [2.45, 2.75) is 51.2 Å². The van der Waals surface area contributed by atoms with Gasteiger partial charge < -0.3 is 19.5 Å². The molecule has 168 valence electrons. The van der Waals surface area contributed by atoms with Gasteiger partial charge in [-0.1, -0.05) is 29.8 Å². The Kier molecular flexibility index (Phi) is 4.26. The average Bonchev–Trinajstić information content (AvgIpc) is 2.79. The lowest BCUT2D eigenvalue weighted by atomic mass is 9.78. The van der Waals surface area contributed by atoms with E-state index < -0.39 is 5.54 Å². The van der Waals surface area contributed by atoms with Crippen LogP contribution >= 0.6 is 0 Å². The van der Waals surface area contributed by atoms with Gasteiger partial charge in [0.15, 0.2) is 17.9 Å². The quantitative estimate of drug-likeness (QED) is 0.462. The van der Waals surface area contributed by atoms with Gasteiger partial charge >= 0.3 is 0 Å². The van der Waals surface area contributed by atoms with Crippen molar-refractivity contribution in [3.63, 3.8) is 0 Å². The SMILES string of the molecule is CO[C@@H]1C[C@@]2(C)Nc3c(ccc4c3C(=O)c3ccc5cc(C)ccc5c3C4=O)O[C@H]2[C@H](C)O1. The molecule has 0 amide bonds. The lowest BCUT2D eigenvalue weighted by Gasteiger charge is -2.51. The Morgan fingerprint density at radius 3 is 2.55 bits per heavy atom. The second-order valence-electron chi connectivity index (χ2n) is 9.52. The van der Waals surface area contributed by atoms with Crippen LogP contribution in [0.1, 0.15) is 57.7 Å². The van der Waals surface area contributed by atoms with Crippen molar-refractivity contribution < 1.29 is 23.8 Å². The summed E-state index contributed by atoms with van der Waals surface area (Å²) in [5.74, 6) is 0.255. The third kappa shape index (κ3) is 2.81. The Labute approximate surface area is 191 Å². The van der Waals surface area contributed by atoms with E-state index in [0.29, 0.717) is 40.1 Å². The Morgan fingerprint density at radius 2 is 1.76 bits per heavy atom. The number of anilines is 1. The van der Waals surface area contributed by atoms with Gasteiger partial charge in [0.25, 0.3) is 0 Å². The zero-order valence-electron chi connectivity index (χ0n) is 19.0. The number of methoxy groups -OCH3 is 1. The summed E-state index contributed by atoms with van der Waals surface area (Å²) in [6.07, 6.45) is -0.308. The summed E-state index contributed by atoms with van der Waals surface area (Å²) in [5, 5.41) is 5.32. The van der Waals surface area contributed by atoms with Crippen LogP contribution in [0.3, 0.4) is 0 Å². The summed E-state index contributed by atoms with van der Waals surface area (Å²) in [4.78, 5) is 27.5. The van der Waals surface area contributed by atoms with Crippen LogP contribution in [0.15, 0.2) is 42.5 Å². The predicted molar refractivity (Wildman–Crippen MR) is 124 cm³/mol. The lowest BCUT2D eigenvalue weighted by molar-refractivity contribution is -0.220. The third-order valence-corrected chi connectivity index (χ3v) is 7.22. The van der Waals surface area contributed by atoms with Crippen molar-refractivity contribution >= 4 is 28.0 Å². The molecule has 2 aliphatic heterocycles. The number of hydrogen-bond donors (Lipinski definition) is 1. The van der Waals surface area contributed by atoms with E-state index in [1.807, 2.05) is 45.0 Å². The van der Waals surface area contributed by atoms with Crippen molar-refractivity contribution in [2.75, 3.05) is 12.4 Å². The molecule has 3 aromatic rings. The second kappa shape index (κ2) is 6.89. The number of ketones is 2. The predicted octanol–water partition coefficient (Wildman–Crippen LogP) is 4.64. The lowest BCUT2D eigenvalue weighted by Crippen LogP contribution is -2.63. The molecule has 4 atom stereocenters. The summed E-state index contributed by atoms with van der Waals surface area (Å²) in [5.41, 5.74) is 2.85. The van der Waals surface area contributed by atoms with Gasteiger partial charge in [0.05, 0.1) is 22.9 Å². The highest BCUT2D eigenvalue weighted by Crippen LogP contribution is 2.47. The van der Waals surface area contributed by atoms with Crippen LogP contribution in [0, 0.1) is 6.92 Å². The standard InChI is InChI=1S/C27H25NO5/c1-13-5-7-16-15(11-13)6-8-17-21(16)24(29)18-9-10-19-23(22(18)25(17)30)28-27(3)12-20(31-4)32-14(2)26(27)33-19/h5-11,14,20,26,28H,12H2,1-4H3/t14-,20-,26-,27+/m0/s1. The molecule has 0 radical (unpaired) electrons. The average molecular weight is 443 g/mol. The summed E-state index contributed by atoms with van der Waals surface area (Å²) >= 11 is 0. The van der Waals surface area contributed by atoms with Crippen molar-refractivity contribution in [2.24, 2.45) is 0 Å².